The summed E-state index contributed by atoms with van der Waals surface area (Å²) in [6.45, 7) is 1.85. The highest BCUT2D eigenvalue weighted by Crippen LogP contribution is 2.33. The van der Waals surface area contributed by atoms with Crippen molar-refractivity contribution in [2.75, 3.05) is 32.1 Å². The van der Waals surface area contributed by atoms with E-state index in [0.29, 0.717) is 24.5 Å². The molecule has 9 heteroatoms. The monoisotopic (exact) mass is 296 g/mol. The van der Waals surface area contributed by atoms with Gasteiger partial charge in [0.25, 0.3) is 0 Å². The minimum Gasteiger partial charge on any atom is -0.383 e. The Hall–Kier alpha value is -0.930. The van der Waals surface area contributed by atoms with Gasteiger partial charge in [0.15, 0.2) is 0 Å². The number of nitrogens with zero attached hydrogens (tertiary/aromatic N) is 2. The molecule has 19 heavy (non-hydrogen) atoms. The van der Waals surface area contributed by atoms with E-state index in [-0.39, 0.29) is 10.7 Å². The predicted octanol–water partition coefficient (Wildman–Crippen LogP) is 1.74. The van der Waals surface area contributed by atoms with E-state index < -0.39 is 11.2 Å². The molecule has 1 aliphatic heterocycles. The minimum absolute atomic E-state index is 0.177. The normalized spacial score (nSPS) is 23.8. The summed E-state index contributed by atoms with van der Waals surface area (Å²) < 4.78 is 42.3. The van der Waals surface area contributed by atoms with Gasteiger partial charge in [-0.15, -0.1) is 10.2 Å². The van der Waals surface area contributed by atoms with E-state index in [2.05, 4.69) is 20.8 Å². The summed E-state index contributed by atoms with van der Waals surface area (Å²) in [6.07, 6.45) is -2.50. The average Bonchev–Trinajstić information content (AvgIpc) is 2.94. The van der Waals surface area contributed by atoms with Crippen molar-refractivity contribution >= 4 is 16.5 Å². The van der Waals surface area contributed by atoms with Crippen molar-refractivity contribution < 1.29 is 17.9 Å². The lowest BCUT2D eigenvalue weighted by Gasteiger charge is -2.28. The first-order valence-corrected chi connectivity index (χ1v) is 6.65. The second-order valence-corrected chi connectivity index (χ2v) is 5.48. The van der Waals surface area contributed by atoms with Crippen molar-refractivity contribution in [2.45, 2.75) is 24.6 Å². The van der Waals surface area contributed by atoms with Crippen LogP contribution in [0.3, 0.4) is 0 Å². The zero-order valence-electron chi connectivity index (χ0n) is 10.4. The molecule has 2 N–H and O–H groups in total. The number of methoxy groups -OCH3 is 1. The van der Waals surface area contributed by atoms with Gasteiger partial charge < -0.3 is 15.4 Å². The summed E-state index contributed by atoms with van der Waals surface area (Å²) in [5, 5.41) is 12.1. The molecule has 0 aliphatic carbocycles. The second-order valence-electron chi connectivity index (χ2n) is 4.51. The third-order valence-corrected chi connectivity index (χ3v) is 3.92. The Bertz CT molecular complexity index is 417. The average molecular weight is 296 g/mol. The van der Waals surface area contributed by atoms with Gasteiger partial charge in [0.2, 0.25) is 10.1 Å². The summed E-state index contributed by atoms with van der Waals surface area (Å²) >= 11 is 0.513. The van der Waals surface area contributed by atoms with E-state index in [1.165, 1.54) is 0 Å². The Kier molecular flexibility index (Phi) is 4.26. The van der Waals surface area contributed by atoms with Crippen LogP contribution in [0, 0.1) is 0 Å². The number of alkyl halides is 3. The molecule has 2 rings (SSSR count). The minimum atomic E-state index is -4.44. The van der Waals surface area contributed by atoms with Crippen molar-refractivity contribution in [3.05, 3.63) is 5.01 Å². The highest BCUT2D eigenvalue weighted by molar-refractivity contribution is 7.15. The predicted molar refractivity (Wildman–Crippen MR) is 65.2 cm³/mol. The highest BCUT2D eigenvalue weighted by Gasteiger charge is 2.37. The van der Waals surface area contributed by atoms with E-state index in [9.17, 15) is 13.2 Å². The number of aromatic nitrogens is 2. The first-order valence-electron chi connectivity index (χ1n) is 5.84. The van der Waals surface area contributed by atoms with Crippen molar-refractivity contribution in [2.24, 2.45) is 0 Å². The van der Waals surface area contributed by atoms with Crippen LogP contribution >= 0.6 is 11.3 Å². The molecule has 1 unspecified atom stereocenters. The van der Waals surface area contributed by atoms with Crippen molar-refractivity contribution in [3.63, 3.8) is 0 Å². The Morgan fingerprint density at radius 3 is 2.79 bits per heavy atom. The first kappa shape index (κ1) is 14.5. The van der Waals surface area contributed by atoms with Gasteiger partial charge in [-0.3, -0.25) is 0 Å². The molecule has 0 saturated carbocycles. The number of hydrogen-bond acceptors (Lipinski definition) is 6. The molecule has 1 aromatic heterocycles. The molecule has 0 aromatic carbocycles. The van der Waals surface area contributed by atoms with Crippen LogP contribution in [0.1, 0.15) is 17.8 Å². The van der Waals surface area contributed by atoms with Gasteiger partial charge >= 0.3 is 6.18 Å². The Labute approximate surface area is 112 Å². The number of halogens is 3. The maximum atomic E-state index is 12.4. The summed E-state index contributed by atoms with van der Waals surface area (Å²) in [5.41, 5.74) is -0.237. The van der Waals surface area contributed by atoms with Crippen LogP contribution in [0.4, 0.5) is 18.3 Å². The van der Waals surface area contributed by atoms with Crippen LogP contribution in [0.5, 0.6) is 0 Å². The number of rotatable bonds is 5. The standard InChI is InChI=1S/C10H15F3N4OS/c1-18-6-9(3-2-4-15-9)5-14-8-17-16-7(19-8)10(11,12)13/h15H,2-6H2,1H3,(H,14,17). The molecule has 1 aromatic rings. The molecular weight excluding hydrogens is 281 g/mol. The lowest BCUT2D eigenvalue weighted by Crippen LogP contribution is -2.49. The number of hydrogen-bond donors (Lipinski definition) is 2. The molecule has 2 heterocycles. The highest BCUT2D eigenvalue weighted by atomic mass is 32.1. The molecule has 0 radical (unpaired) electrons. The van der Waals surface area contributed by atoms with Gasteiger partial charge in [0.1, 0.15) is 0 Å². The molecule has 0 bridgehead atoms. The summed E-state index contributed by atoms with van der Waals surface area (Å²) in [5.74, 6) is 0. The zero-order valence-corrected chi connectivity index (χ0v) is 11.2. The maximum absolute atomic E-state index is 12.4. The molecule has 108 valence electrons. The Balaban J connectivity index is 1.96. The van der Waals surface area contributed by atoms with Gasteiger partial charge in [-0.05, 0) is 19.4 Å². The van der Waals surface area contributed by atoms with Crippen LogP contribution in [-0.4, -0.2) is 42.5 Å². The van der Waals surface area contributed by atoms with E-state index in [1.807, 2.05) is 0 Å². The van der Waals surface area contributed by atoms with Gasteiger partial charge in [0.05, 0.1) is 12.1 Å². The largest absolute Gasteiger partial charge is 0.445 e. The van der Waals surface area contributed by atoms with E-state index in [4.69, 9.17) is 4.74 Å². The summed E-state index contributed by atoms with van der Waals surface area (Å²) in [6, 6.07) is 0. The Morgan fingerprint density at radius 2 is 2.26 bits per heavy atom. The zero-order chi connectivity index (χ0) is 13.9. The van der Waals surface area contributed by atoms with Crippen molar-refractivity contribution in [1.82, 2.24) is 15.5 Å². The van der Waals surface area contributed by atoms with E-state index in [0.717, 1.165) is 19.4 Å². The molecule has 1 fully saturated rings. The molecular formula is C10H15F3N4OS. The van der Waals surface area contributed by atoms with Crippen molar-refractivity contribution in [1.29, 1.82) is 0 Å². The number of anilines is 1. The molecule has 1 atom stereocenters. The van der Waals surface area contributed by atoms with Crippen molar-refractivity contribution in [3.8, 4) is 0 Å². The summed E-state index contributed by atoms with van der Waals surface area (Å²) in [4.78, 5) is 0. The fraction of sp³-hybridized carbons (Fsp3) is 0.800. The van der Waals surface area contributed by atoms with E-state index in [1.54, 1.807) is 7.11 Å². The van der Waals surface area contributed by atoms with Crippen LogP contribution in [0.25, 0.3) is 0 Å². The van der Waals surface area contributed by atoms with E-state index >= 15 is 0 Å². The van der Waals surface area contributed by atoms with Crippen LogP contribution in [-0.2, 0) is 10.9 Å². The smallest absolute Gasteiger partial charge is 0.383 e. The number of ether oxygens (including phenoxy) is 1. The van der Waals surface area contributed by atoms with Crippen LogP contribution in [0.15, 0.2) is 0 Å². The summed E-state index contributed by atoms with van der Waals surface area (Å²) in [7, 11) is 1.61. The van der Waals surface area contributed by atoms with Crippen LogP contribution in [0.2, 0.25) is 0 Å². The SMILES string of the molecule is COCC1(CNc2nnc(C(F)(F)F)s2)CCCN1. The third-order valence-electron chi connectivity index (χ3n) is 3.00. The topological polar surface area (TPSA) is 59.1 Å². The maximum Gasteiger partial charge on any atom is 0.445 e. The fourth-order valence-corrected chi connectivity index (χ4v) is 2.73. The lowest BCUT2D eigenvalue weighted by molar-refractivity contribution is -0.138. The third kappa shape index (κ3) is 3.54. The first-order chi connectivity index (χ1) is 8.95. The van der Waals surface area contributed by atoms with Gasteiger partial charge in [-0.2, -0.15) is 13.2 Å². The Morgan fingerprint density at radius 1 is 1.47 bits per heavy atom. The van der Waals surface area contributed by atoms with Gasteiger partial charge in [-0.1, -0.05) is 11.3 Å². The molecule has 1 saturated heterocycles. The number of nitrogens with one attached hydrogen (secondary N) is 2. The molecule has 1 aliphatic rings. The van der Waals surface area contributed by atoms with Gasteiger partial charge in [0, 0.05) is 13.7 Å². The molecule has 5 nitrogen and oxygen atoms in total. The van der Waals surface area contributed by atoms with Gasteiger partial charge in [-0.25, -0.2) is 0 Å². The van der Waals surface area contributed by atoms with Crippen LogP contribution < -0.4 is 10.6 Å². The lowest BCUT2D eigenvalue weighted by atomic mass is 9.99. The fourth-order valence-electron chi connectivity index (χ4n) is 2.12. The second kappa shape index (κ2) is 5.59. The quantitative estimate of drug-likeness (QED) is 0.866. The molecule has 0 spiro atoms. The molecule has 0 amide bonds.